The number of fused-ring (bicyclic) bond motifs is 11. The van der Waals surface area contributed by atoms with Gasteiger partial charge in [0.15, 0.2) is 0 Å². The number of hydrogen-bond donors (Lipinski definition) is 0. The number of para-hydroxylation sites is 3. The van der Waals surface area contributed by atoms with Crippen molar-refractivity contribution in [1.29, 1.82) is 0 Å². The fourth-order valence-corrected chi connectivity index (χ4v) is 9.18. The van der Waals surface area contributed by atoms with Crippen LogP contribution in [0.25, 0.3) is 80.4 Å². The van der Waals surface area contributed by atoms with Gasteiger partial charge in [-0.25, -0.2) is 0 Å². The molecule has 3 aromatic heterocycles. The molecule has 0 saturated carbocycles. The first kappa shape index (κ1) is 27.6. The van der Waals surface area contributed by atoms with E-state index >= 15 is 0 Å². The Morgan fingerprint density at radius 3 is 2.06 bits per heavy atom. The quantitative estimate of drug-likeness (QED) is 0.188. The lowest BCUT2D eigenvalue weighted by Gasteiger charge is -2.27. The van der Waals surface area contributed by atoms with Gasteiger partial charge in [-0.1, -0.05) is 103 Å². The van der Waals surface area contributed by atoms with E-state index in [4.69, 9.17) is 4.42 Å². The third kappa shape index (κ3) is 3.97. The van der Waals surface area contributed by atoms with Crippen molar-refractivity contribution in [2.24, 2.45) is 0 Å². The summed E-state index contributed by atoms with van der Waals surface area (Å²) in [7, 11) is 0. The predicted molar refractivity (Wildman–Crippen MR) is 213 cm³/mol. The van der Waals surface area contributed by atoms with Gasteiger partial charge in [-0.3, -0.25) is 0 Å². The van der Waals surface area contributed by atoms with Crippen molar-refractivity contribution < 1.29 is 4.42 Å². The fourth-order valence-electron chi connectivity index (χ4n) is 7.97. The molecule has 50 heavy (non-hydrogen) atoms. The number of thiophene rings is 1. The monoisotopic (exact) mass is 656 g/mol. The minimum absolute atomic E-state index is 0.914. The lowest BCUT2D eigenvalue weighted by atomic mass is 10.0. The Morgan fingerprint density at radius 2 is 1.16 bits per heavy atom. The second-order valence-corrected chi connectivity index (χ2v) is 14.0. The van der Waals surface area contributed by atoms with Gasteiger partial charge in [0, 0.05) is 54.1 Å². The van der Waals surface area contributed by atoms with E-state index < -0.39 is 0 Å². The van der Waals surface area contributed by atoms with Crippen LogP contribution in [0.1, 0.15) is 0 Å². The van der Waals surface area contributed by atoms with Gasteiger partial charge >= 0.3 is 0 Å². The zero-order valence-electron chi connectivity index (χ0n) is 26.9. The molecule has 0 aliphatic rings. The van der Waals surface area contributed by atoms with E-state index in [0.717, 1.165) is 39.0 Å². The van der Waals surface area contributed by atoms with Crippen molar-refractivity contribution in [2.45, 2.75) is 0 Å². The van der Waals surface area contributed by atoms with Gasteiger partial charge in [-0.2, -0.15) is 0 Å². The van der Waals surface area contributed by atoms with Crippen molar-refractivity contribution in [3.63, 3.8) is 0 Å². The number of nitrogens with zero attached hydrogens (tertiary/aromatic N) is 2. The van der Waals surface area contributed by atoms with Crippen LogP contribution in [-0.2, 0) is 0 Å². The molecule has 3 nitrogen and oxygen atoms in total. The maximum absolute atomic E-state index is 6.26. The van der Waals surface area contributed by atoms with E-state index in [1.54, 1.807) is 0 Å². The summed E-state index contributed by atoms with van der Waals surface area (Å²) in [5, 5.41) is 9.73. The van der Waals surface area contributed by atoms with Crippen molar-refractivity contribution in [1.82, 2.24) is 4.57 Å². The summed E-state index contributed by atoms with van der Waals surface area (Å²) < 4.78 is 11.2. The normalized spacial score (nSPS) is 12.0. The molecular formula is C46H28N2OS. The number of aromatic nitrogens is 1. The molecule has 0 aliphatic carbocycles. The highest BCUT2D eigenvalue weighted by Crippen LogP contribution is 2.47. The van der Waals surface area contributed by atoms with Crippen LogP contribution in [0, 0.1) is 0 Å². The lowest BCUT2D eigenvalue weighted by Crippen LogP contribution is -2.10. The molecule has 0 atom stereocenters. The van der Waals surface area contributed by atoms with Crippen LogP contribution in [-0.4, -0.2) is 4.57 Å². The number of anilines is 3. The van der Waals surface area contributed by atoms with E-state index in [2.05, 4.69) is 167 Å². The highest BCUT2D eigenvalue weighted by atomic mass is 32.1. The van der Waals surface area contributed by atoms with Crippen molar-refractivity contribution in [3.8, 4) is 5.69 Å². The molecule has 11 aromatic rings. The van der Waals surface area contributed by atoms with Crippen molar-refractivity contribution in [2.75, 3.05) is 4.90 Å². The molecular weight excluding hydrogens is 629 g/mol. The molecule has 0 amide bonds. The highest BCUT2D eigenvalue weighted by Gasteiger charge is 2.21. The first-order valence-corrected chi connectivity index (χ1v) is 17.7. The van der Waals surface area contributed by atoms with E-state index in [1.807, 2.05) is 23.5 Å². The SMILES string of the molecule is c1ccc(-n2c3ccccc3c3ccc(N(c4ccc5c(ccc6oc7ccccc7c65)c4)c4cccc5c4sc4ccccc45)cc32)cc1. The second kappa shape index (κ2) is 10.6. The molecule has 3 heterocycles. The van der Waals surface area contributed by atoms with Gasteiger partial charge < -0.3 is 13.9 Å². The van der Waals surface area contributed by atoms with Crippen LogP contribution in [0.4, 0.5) is 17.1 Å². The number of furan rings is 1. The molecule has 0 spiro atoms. The summed E-state index contributed by atoms with van der Waals surface area (Å²) in [6, 6.07) is 61.3. The lowest BCUT2D eigenvalue weighted by molar-refractivity contribution is 0.669. The van der Waals surface area contributed by atoms with E-state index in [0.29, 0.717) is 0 Å². The molecule has 8 aromatic carbocycles. The molecule has 0 fully saturated rings. The Bertz CT molecular complexity index is 3110. The van der Waals surface area contributed by atoms with Gasteiger partial charge in [-0.05, 0) is 77.5 Å². The summed E-state index contributed by atoms with van der Waals surface area (Å²) in [6.07, 6.45) is 0. The number of rotatable bonds is 4. The largest absolute Gasteiger partial charge is 0.456 e. The maximum Gasteiger partial charge on any atom is 0.136 e. The number of hydrogen-bond acceptors (Lipinski definition) is 3. The van der Waals surface area contributed by atoms with Gasteiger partial charge in [0.1, 0.15) is 11.2 Å². The molecule has 0 unspecified atom stereocenters. The smallest absolute Gasteiger partial charge is 0.136 e. The highest BCUT2D eigenvalue weighted by molar-refractivity contribution is 7.26. The summed E-state index contributed by atoms with van der Waals surface area (Å²) in [5.41, 5.74) is 8.74. The minimum atomic E-state index is 0.914. The van der Waals surface area contributed by atoms with Gasteiger partial charge in [0.2, 0.25) is 0 Å². The molecule has 234 valence electrons. The summed E-state index contributed by atoms with van der Waals surface area (Å²) >= 11 is 1.86. The van der Waals surface area contributed by atoms with Crippen LogP contribution >= 0.6 is 11.3 Å². The van der Waals surface area contributed by atoms with Crippen LogP contribution in [0.15, 0.2) is 174 Å². The molecule has 0 saturated heterocycles. The molecule has 0 N–H and O–H groups in total. The van der Waals surface area contributed by atoms with Gasteiger partial charge in [0.25, 0.3) is 0 Å². The van der Waals surface area contributed by atoms with Crippen LogP contribution in [0.5, 0.6) is 0 Å². The second-order valence-electron chi connectivity index (χ2n) is 12.9. The minimum Gasteiger partial charge on any atom is -0.456 e. The Labute approximate surface area is 291 Å². The zero-order valence-corrected chi connectivity index (χ0v) is 27.7. The maximum atomic E-state index is 6.26. The summed E-state index contributed by atoms with van der Waals surface area (Å²) in [4.78, 5) is 2.45. The molecule has 4 heteroatoms. The summed E-state index contributed by atoms with van der Waals surface area (Å²) in [6.45, 7) is 0. The van der Waals surface area contributed by atoms with E-state index in [-0.39, 0.29) is 0 Å². The Hall–Kier alpha value is -6.36. The first-order chi connectivity index (χ1) is 24.8. The number of benzene rings is 8. The van der Waals surface area contributed by atoms with E-state index in [1.165, 1.54) is 58.4 Å². The van der Waals surface area contributed by atoms with Crippen LogP contribution < -0.4 is 4.90 Å². The molecule has 0 bridgehead atoms. The topological polar surface area (TPSA) is 21.3 Å². The third-order valence-corrected chi connectivity index (χ3v) is 11.4. The average molecular weight is 657 g/mol. The van der Waals surface area contributed by atoms with Crippen molar-refractivity contribution >= 4 is 103 Å². The van der Waals surface area contributed by atoms with Crippen molar-refractivity contribution in [3.05, 3.63) is 170 Å². The van der Waals surface area contributed by atoms with Gasteiger partial charge in [0.05, 0.1) is 21.4 Å². The first-order valence-electron chi connectivity index (χ1n) is 16.9. The Morgan fingerprint density at radius 1 is 0.460 bits per heavy atom. The average Bonchev–Trinajstić information content (AvgIpc) is 3.85. The van der Waals surface area contributed by atoms with Gasteiger partial charge in [-0.15, -0.1) is 11.3 Å². The third-order valence-electron chi connectivity index (χ3n) is 10.2. The zero-order chi connectivity index (χ0) is 32.8. The Kier molecular flexibility index (Phi) is 5.83. The molecule has 0 aliphatic heterocycles. The standard InChI is InChI=1S/C46H28N2OS/c1-2-11-30(12-3-1)48-39-17-7-4-13-34(39)35-25-23-32(28-41(35)48)47(40-18-10-16-37-36-14-6-9-20-44(36)50-46(37)40)31-22-24-33-29(27-31)21-26-43-45(33)38-15-5-8-19-42(38)49-43/h1-28H. The molecule has 0 radical (unpaired) electrons. The predicted octanol–water partition coefficient (Wildman–Crippen LogP) is 13.7. The summed E-state index contributed by atoms with van der Waals surface area (Å²) in [5.74, 6) is 0. The molecule has 11 rings (SSSR count). The Balaban J connectivity index is 1.21. The van der Waals surface area contributed by atoms with E-state index in [9.17, 15) is 0 Å². The van der Waals surface area contributed by atoms with Crippen LogP contribution in [0.2, 0.25) is 0 Å². The van der Waals surface area contributed by atoms with Crippen LogP contribution in [0.3, 0.4) is 0 Å². The fraction of sp³-hybridized carbons (Fsp3) is 0.